The van der Waals surface area contributed by atoms with E-state index in [1.807, 2.05) is 18.3 Å². The zero-order chi connectivity index (χ0) is 42.4. The largest absolute Gasteiger partial charge is 0.484 e. The molecule has 0 spiro atoms. The molecule has 1 aliphatic carbocycles. The highest BCUT2D eigenvalue weighted by molar-refractivity contribution is 6.30. The van der Waals surface area contributed by atoms with Crippen LogP contribution in [0.3, 0.4) is 0 Å². The zero-order valence-corrected chi connectivity index (χ0v) is 35.5. The molecule has 2 aliphatic rings. The van der Waals surface area contributed by atoms with E-state index in [1.54, 1.807) is 41.1 Å². The van der Waals surface area contributed by atoms with Gasteiger partial charge in [0.25, 0.3) is 11.8 Å². The van der Waals surface area contributed by atoms with Crippen molar-refractivity contribution in [2.24, 2.45) is 5.92 Å². The molecule has 3 N–H and O–H groups in total. The summed E-state index contributed by atoms with van der Waals surface area (Å²) in [4.78, 5) is 48.5. The summed E-state index contributed by atoms with van der Waals surface area (Å²) in [6.45, 7) is 5.31. The Labute approximate surface area is 357 Å². The number of unbranched alkanes of at least 4 members (excludes halogenated alkanes) is 2. The summed E-state index contributed by atoms with van der Waals surface area (Å²) < 4.78 is 29.8. The van der Waals surface area contributed by atoms with E-state index in [4.69, 9.17) is 35.3 Å². The fourth-order valence-corrected chi connectivity index (χ4v) is 7.44. The molecule has 5 rings (SSSR count). The second kappa shape index (κ2) is 25.9. The van der Waals surface area contributed by atoms with Crippen LogP contribution in [-0.4, -0.2) is 109 Å². The van der Waals surface area contributed by atoms with E-state index in [-0.39, 0.29) is 54.8 Å². The number of rotatable bonds is 28. The van der Waals surface area contributed by atoms with Gasteiger partial charge in [0, 0.05) is 54.6 Å². The van der Waals surface area contributed by atoms with Gasteiger partial charge in [-0.1, -0.05) is 29.7 Å². The lowest BCUT2D eigenvalue weighted by molar-refractivity contribution is -0.125. The van der Waals surface area contributed by atoms with Crippen molar-refractivity contribution < 1.29 is 42.9 Å². The maximum atomic E-state index is 12.6. The SMILES string of the molecule is C[C@@H]1NC(=O)C[C@@H]1CCCCCC(=O)CCCOCCOCCOCCn1cc(-c2ccc(OCC(=O)NC3CCC(NC(=O)COc4ccc(Cl)cc4)CC3)cc2)nn1. The third kappa shape index (κ3) is 17.6. The maximum Gasteiger partial charge on any atom is 0.258 e. The van der Waals surface area contributed by atoms with Crippen molar-refractivity contribution in [2.75, 3.05) is 52.9 Å². The van der Waals surface area contributed by atoms with Crippen LogP contribution in [0.15, 0.2) is 54.7 Å². The fraction of sp³-hybridized carbons (Fsp3) is 0.591. The Balaban J connectivity index is 0.815. The summed E-state index contributed by atoms with van der Waals surface area (Å²) in [7, 11) is 0. The summed E-state index contributed by atoms with van der Waals surface area (Å²) in [6, 6.07) is 14.6. The third-order valence-corrected chi connectivity index (χ3v) is 11.0. The van der Waals surface area contributed by atoms with Crippen molar-refractivity contribution >= 4 is 35.1 Å². The molecule has 2 atom stereocenters. The average Bonchev–Trinajstić information content (AvgIpc) is 3.85. The Kier molecular flexibility index (Phi) is 20.1. The summed E-state index contributed by atoms with van der Waals surface area (Å²) >= 11 is 5.88. The average molecular weight is 853 g/mol. The quantitative estimate of drug-likeness (QED) is 0.0788. The molecule has 2 heterocycles. The van der Waals surface area contributed by atoms with Gasteiger partial charge >= 0.3 is 0 Å². The van der Waals surface area contributed by atoms with Crippen LogP contribution in [0.1, 0.15) is 84.0 Å². The maximum absolute atomic E-state index is 12.6. The number of hydrogen-bond acceptors (Lipinski definition) is 11. The van der Waals surface area contributed by atoms with Crippen LogP contribution >= 0.6 is 11.6 Å². The monoisotopic (exact) mass is 852 g/mol. The molecule has 1 aliphatic heterocycles. The van der Waals surface area contributed by atoms with Crippen LogP contribution < -0.4 is 25.4 Å². The number of amides is 3. The molecule has 3 amide bonds. The molecule has 60 heavy (non-hydrogen) atoms. The Bertz CT molecular complexity index is 1750. The number of benzene rings is 2. The fourth-order valence-electron chi connectivity index (χ4n) is 7.31. The van der Waals surface area contributed by atoms with Crippen molar-refractivity contribution in [2.45, 2.75) is 109 Å². The highest BCUT2D eigenvalue weighted by Crippen LogP contribution is 2.24. The summed E-state index contributed by atoms with van der Waals surface area (Å²) in [5, 5.41) is 18.1. The van der Waals surface area contributed by atoms with E-state index < -0.39 is 0 Å². The van der Waals surface area contributed by atoms with E-state index in [1.165, 1.54) is 0 Å². The molecule has 2 fully saturated rings. The number of carbonyl (C=O) groups is 4. The zero-order valence-electron chi connectivity index (χ0n) is 34.7. The van der Waals surface area contributed by atoms with Gasteiger partial charge in [0.1, 0.15) is 23.0 Å². The molecular weight excluding hydrogens is 792 g/mol. The molecule has 1 aromatic heterocycles. The normalized spacial score (nSPS) is 18.8. The number of hydrogen-bond donors (Lipinski definition) is 3. The van der Waals surface area contributed by atoms with E-state index in [0.717, 1.165) is 63.4 Å². The van der Waals surface area contributed by atoms with Crippen molar-refractivity contribution in [3.8, 4) is 22.8 Å². The van der Waals surface area contributed by atoms with Gasteiger partial charge in [0.15, 0.2) is 13.2 Å². The van der Waals surface area contributed by atoms with Gasteiger partial charge in [-0.05, 0) is 106 Å². The molecule has 3 aromatic rings. The molecule has 328 valence electrons. The van der Waals surface area contributed by atoms with Crippen LogP contribution in [0.5, 0.6) is 11.5 Å². The number of ketones is 1. The molecule has 16 heteroatoms. The number of carbonyl (C=O) groups excluding carboxylic acids is 4. The lowest BCUT2D eigenvalue weighted by atomic mass is 9.91. The Morgan fingerprint density at radius 1 is 0.750 bits per heavy atom. The van der Waals surface area contributed by atoms with Gasteiger partial charge in [-0.3, -0.25) is 19.2 Å². The van der Waals surface area contributed by atoms with Crippen LogP contribution in [0.2, 0.25) is 5.02 Å². The second-order valence-electron chi connectivity index (χ2n) is 15.5. The van der Waals surface area contributed by atoms with Crippen molar-refractivity contribution in [1.29, 1.82) is 0 Å². The highest BCUT2D eigenvalue weighted by atomic mass is 35.5. The van der Waals surface area contributed by atoms with Crippen LogP contribution in [0, 0.1) is 5.92 Å². The van der Waals surface area contributed by atoms with Gasteiger partial charge in [-0.15, -0.1) is 5.10 Å². The van der Waals surface area contributed by atoms with Gasteiger partial charge < -0.3 is 39.6 Å². The first-order valence-corrected chi connectivity index (χ1v) is 21.7. The molecule has 0 radical (unpaired) electrons. The minimum atomic E-state index is -0.188. The number of Topliss-reactive ketones (excluding diaryl/α,β-unsaturated/α-hetero) is 1. The predicted molar refractivity (Wildman–Crippen MR) is 226 cm³/mol. The van der Waals surface area contributed by atoms with Gasteiger partial charge in [-0.25, -0.2) is 4.68 Å². The molecule has 1 saturated carbocycles. The summed E-state index contributed by atoms with van der Waals surface area (Å²) in [5.41, 5.74) is 1.58. The van der Waals surface area contributed by atoms with E-state index >= 15 is 0 Å². The molecule has 15 nitrogen and oxygen atoms in total. The molecular formula is C44H61ClN6O9. The smallest absolute Gasteiger partial charge is 0.258 e. The van der Waals surface area contributed by atoms with Gasteiger partial charge in [0.05, 0.1) is 45.8 Å². The second-order valence-corrected chi connectivity index (χ2v) is 15.9. The van der Waals surface area contributed by atoms with Crippen LogP contribution in [-0.2, 0) is 39.9 Å². The molecule has 1 saturated heterocycles. The highest BCUT2D eigenvalue weighted by Gasteiger charge is 2.28. The van der Waals surface area contributed by atoms with Gasteiger partial charge in [-0.2, -0.15) is 0 Å². The standard InChI is InChI=1S/C44H61ClN6O9/c1-32-34(28-42(53)46-32)6-3-2-4-7-38(52)8-5-22-56-24-26-58-27-25-57-23-21-51-29-41(49-50-51)33-9-17-39(18-10-33)59-30-43(54)47-36-13-15-37(16-14-36)48-44(55)31-60-40-19-11-35(45)12-20-40/h9-12,17-20,29,32,34,36-37H,2-8,13-16,21-28,30-31H2,1H3,(H,46,53)(H,47,54)(H,48,55)/t32-,34-,36?,37?/m0/s1. The first-order chi connectivity index (χ1) is 29.2. The number of nitrogens with one attached hydrogen (secondary N) is 3. The Hall–Kier alpha value is -4.57. The van der Waals surface area contributed by atoms with Crippen LogP contribution in [0.25, 0.3) is 11.3 Å². The number of halogens is 1. The first kappa shape index (κ1) is 46.5. The first-order valence-electron chi connectivity index (χ1n) is 21.3. The summed E-state index contributed by atoms with van der Waals surface area (Å²) in [6.07, 6.45) is 11.5. The van der Waals surface area contributed by atoms with Gasteiger partial charge in [0.2, 0.25) is 5.91 Å². The lowest BCUT2D eigenvalue weighted by Crippen LogP contribution is -2.45. The molecule has 2 aromatic carbocycles. The lowest BCUT2D eigenvalue weighted by Gasteiger charge is -2.29. The number of ether oxygens (including phenoxy) is 5. The number of aromatic nitrogens is 3. The third-order valence-electron chi connectivity index (χ3n) is 10.7. The van der Waals surface area contributed by atoms with E-state index in [0.29, 0.717) is 93.6 Å². The molecule has 0 bridgehead atoms. The predicted octanol–water partition coefficient (Wildman–Crippen LogP) is 5.47. The minimum absolute atomic E-state index is 0.0336. The van der Waals surface area contributed by atoms with E-state index in [9.17, 15) is 19.2 Å². The summed E-state index contributed by atoms with van der Waals surface area (Å²) in [5.74, 6) is 1.67. The Morgan fingerprint density at radius 2 is 1.32 bits per heavy atom. The topological polar surface area (TPSA) is 181 Å². The van der Waals surface area contributed by atoms with Crippen molar-refractivity contribution in [3.63, 3.8) is 0 Å². The molecule has 0 unspecified atom stereocenters. The van der Waals surface area contributed by atoms with Crippen molar-refractivity contribution in [1.82, 2.24) is 30.9 Å². The van der Waals surface area contributed by atoms with E-state index in [2.05, 4.69) is 33.2 Å². The van der Waals surface area contributed by atoms with Crippen molar-refractivity contribution in [3.05, 3.63) is 59.8 Å². The number of nitrogens with zero attached hydrogens (tertiary/aromatic N) is 3. The minimum Gasteiger partial charge on any atom is -0.484 e. The Morgan fingerprint density at radius 3 is 1.92 bits per heavy atom. The van der Waals surface area contributed by atoms with Crippen LogP contribution in [0.4, 0.5) is 0 Å².